The summed E-state index contributed by atoms with van der Waals surface area (Å²) in [6.07, 6.45) is 3.96. The van der Waals surface area contributed by atoms with Crippen LogP contribution in [0.1, 0.15) is 44.5 Å². The molecule has 1 N–H and O–H groups in total. The van der Waals surface area contributed by atoms with Gasteiger partial charge in [0.2, 0.25) is 5.91 Å². The molecule has 0 spiro atoms. The number of rotatable bonds is 6. The number of carbonyl (C=O) groups excluding carboxylic acids is 2. The second-order valence-corrected chi connectivity index (χ2v) is 9.40. The van der Waals surface area contributed by atoms with Crippen LogP contribution in [0.25, 0.3) is 0 Å². The maximum Gasteiger partial charge on any atom is 0.341 e. The zero-order valence-electron chi connectivity index (χ0n) is 16.7. The Hall–Kier alpha value is -2.57. The molecule has 30 heavy (non-hydrogen) atoms. The summed E-state index contributed by atoms with van der Waals surface area (Å²) in [6, 6.07) is 19.6. The van der Waals surface area contributed by atoms with E-state index in [1.807, 2.05) is 60.7 Å². The fraction of sp³-hybridized carbons (Fsp3) is 0.250. The van der Waals surface area contributed by atoms with E-state index < -0.39 is 5.25 Å². The zero-order valence-corrected chi connectivity index (χ0v) is 18.4. The minimum atomic E-state index is -0.432. The monoisotopic (exact) mass is 437 g/mol. The number of esters is 1. The highest BCUT2D eigenvalue weighted by Crippen LogP contribution is 2.41. The van der Waals surface area contributed by atoms with Gasteiger partial charge in [-0.1, -0.05) is 48.5 Å². The highest BCUT2D eigenvalue weighted by molar-refractivity contribution is 8.00. The molecule has 0 saturated heterocycles. The summed E-state index contributed by atoms with van der Waals surface area (Å²) in [7, 11) is 1.39. The number of anilines is 1. The van der Waals surface area contributed by atoms with Crippen LogP contribution >= 0.6 is 23.1 Å². The lowest BCUT2D eigenvalue weighted by Crippen LogP contribution is -2.20. The highest BCUT2D eigenvalue weighted by atomic mass is 32.2. The Labute approximate surface area is 184 Å². The highest BCUT2D eigenvalue weighted by Gasteiger charge is 2.29. The van der Waals surface area contributed by atoms with Crippen LogP contribution in [0.3, 0.4) is 0 Å². The summed E-state index contributed by atoms with van der Waals surface area (Å²) in [5, 5.41) is 3.23. The first-order valence-corrected chi connectivity index (χ1v) is 11.7. The number of methoxy groups -OCH3 is 1. The molecule has 154 valence electrons. The van der Waals surface area contributed by atoms with Crippen LogP contribution in [-0.4, -0.2) is 19.0 Å². The van der Waals surface area contributed by atoms with E-state index in [9.17, 15) is 9.59 Å². The predicted molar refractivity (Wildman–Crippen MR) is 122 cm³/mol. The predicted octanol–water partition coefficient (Wildman–Crippen LogP) is 5.89. The standard InChI is InChI=1S/C24H23NO3S2/c1-28-24(27)20-18-14-8-9-15-19(18)30-23(20)25-22(26)21(16-10-4-2-5-11-16)29-17-12-6-3-7-13-17/h2-7,10-13,21H,8-9,14-15H2,1H3,(H,25,26). The molecule has 0 aliphatic heterocycles. The number of hydrogen-bond acceptors (Lipinski definition) is 5. The number of fused-ring (bicyclic) bond motifs is 1. The molecule has 2 aromatic carbocycles. The number of thioether (sulfide) groups is 1. The molecule has 1 amide bonds. The van der Waals surface area contributed by atoms with Gasteiger partial charge in [0.15, 0.2) is 0 Å². The van der Waals surface area contributed by atoms with E-state index >= 15 is 0 Å². The van der Waals surface area contributed by atoms with E-state index in [-0.39, 0.29) is 11.9 Å². The smallest absolute Gasteiger partial charge is 0.341 e. The van der Waals surface area contributed by atoms with Gasteiger partial charge in [0.05, 0.1) is 12.7 Å². The van der Waals surface area contributed by atoms with Crippen LogP contribution in [-0.2, 0) is 22.4 Å². The van der Waals surface area contributed by atoms with Gasteiger partial charge >= 0.3 is 5.97 Å². The first-order chi connectivity index (χ1) is 14.7. The lowest BCUT2D eigenvalue weighted by atomic mass is 9.95. The first kappa shape index (κ1) is 20.7. The van der Waals surface area contributed by atoms with Crippen LogP contribution in [0.15, 0.2) is 65.6 Å². The maximum absolute atomic E-state index is 13.4. The Bertz CT molecular complexity index is 1030. The van der Waals surface area contributed by atoms with E-state index in [0.29, 0.717) is 10.6 Å². The lowest BCUT2D eigenvalue weighted by molar-refractivity contribution is -0.115. The molecule has 0 bridgehead atoms. The topological polar surface area (TPSA) is 55.4 Å². The van der Waals surface area contributed by atoms with Gasteiger partial charge in [-0.05, 0) is 48.9 Å². The average Bonchev–Trinajstić information content (AvgIpc) is 3.16. The van der Waals surface area contributed by atoms with Crippen molar-refractivity contribution in [3.63, 3.8) is 0 Å². The summed E-state index contributed by atoms with van der Waals surface area (Å²) < 4.78 is 5.03. The number of hydrogen-bond donors (Lipinski definition) is 1. The third-order valence-electron chi connectivity index (χ3n) is 5.14. The van der Waals surface area contributed by atoms with Gasteiger partial charge in [0, 0.05) is 9.77 Å². The van der Waals surface area contributed by atoms with Crippen molar-refractivity contribution in [1.29, 1.82) is 0 Å². The van der Waals surface area contributed by atoms with Crippen LogP contribution in [0.5, 0.6) is 0 Å². The molecule has 4 nitrogen and oxygen atoms in total. The van der Waals surface area contributed by atoms with Crippen molar-refractivity contribution in [2.75, 3.05) is 12.4 Å². The molecule has 3 aromatic rings. The van der Waals surface area contributed by atoms with Gasteiger partial charge in [-0.3, -0.25) is 4.79 Å². The first-order valence-electron chi connectivity index (χ1n) is 9.97. The van der Waals surface area contributed by atoms with E-state index in [1.54, 1.807) is 0 Å². The maximum atomic E-state index is 13.4. The number of thiophene rings is 1. The van der Waals surface area contributed by atoms with Gasteiger partial charge in [0.25, 0.3) is 0 Å². The van der Waals surface area contributed by atoms with Crippen molar-refractivity contribution in [2.45, 2.75) is 35.8 Å². The Kier molecular flexibility index (Phi) is 6.55. The van der Waals surface area contributed by atoms with Crippen molar-refractivity contribution < 1.29 is 14.3 Å². The average molecular weight is 438 g/mol. The SMILES string of the molecule is COC(=O)c1c(NC(=O)C(Sc2ccccc2)c2ccccc2)sc2c1CCCC2. The number of benzene rings is 2. The minimum absolute atomic E-state index is 0.140. The van der Waals surface area contributed by atoms with Gasteiger partial charge < -0.3 is 10.1 Å². The molecule has 0 radical (unpaired) electrons. The molecule has 4 rings (SSSR count). The third-order valence-corrected chi connectivity index (χ3v) is 7.61. The molecule has 0 fully saturated rings. The minimum Gasteiger partial charge on any atom is -0.465 e. The molecule has 1 aliphatic rings. The number of amides is 1. The van der Waals surface area contributed by atoms with E-state index in [0.717, 1.165) is 41.7 Å². The van der Waals surface area contributed by atoms with E-state index in [4.69, 9.17) is 4.74 Å². The normalized spacial score (nSPS) is 13.9. The molecular weight excluding hydrogens is 414 g/mol. The molecule has 1 aliphatic carbocycles. The molecule has 1 unspecified atom stereocenters. The fourth-order valence-electron chi connectivity index (χ4n) is 3.69. The van der Waals surface area contributed by atoms with Crippen LogP contribution < -0.4 is 5.32 Å². The fourth-order valence-corrected chi connectivity index (χ4v) is 6.01. The summed E-state index contributed by atoms with van der Waals surface area (Å²) in [5.41, 5.74) is 2.49. The van der Waals surface area contributed by atoms with Crippen LogP contribution in [0, 0.1) is 0 Å². The Balaban J connectivity index is 1.66. The van der Waals surface area contributed by atoms with Crippen LogP contribution in [0.2, 0.25) is 0 Å². The number of aryl methyl sites for hydroxylation is 1. The number of ether oxygens (including phenoxy) is 1. The van der Waals surface area contributed by atoms with E-state index in [1.165, 1.54) is 35.1 Å². The molecule has 0 saturated carbocycles. The van der Waals surface area contributed by atoms with Crippen molar-refractivity contribution >= 4 is 40.0 Å². The molecular formula is C24H23NO3S2. The second-order valence-electron chi connectivity index (χ2n) is 7.12. The Morgan fingerprint density at radius 2 is 1.67 bits per heavy atom. The van der Waals surface area contributed by atoms with E-state index in [2.05, 4.69) is 5.32 Å². The van der Waals surface area contributed by atoms with Crippen molar-refractivity contribution in [2.24, 2.45) is 0 Å². The molecule has 1 heterocycles. The Morgan fingerprint density at radius 3 is 2.37 bits per heavy atom. The van der Waals surface area contributed by atoms with Crippen molar-refractivity contribution in [1.82, 2.24) is 0 Å². The van der Waals surface area contributed by atoms with Gasteiger partial charge in [-0.25, -0.2) is 4.79 Å². The van der Waals surface area contributed by atoms with Gasteiger partial charge in [-0.2, -0.15) is 0 Å². The summed E-state index contributed by atoms with van der Waals surface area (Å²) in [6.45, 7) is 0. The Morgan fingerprint density at radius 1 is 1.00 bits per heavy atom. The third kappa shape index (κ3) is 4.45. The second kappa shape index (κ2) is 9.49. The van der Waals surface area contributed by atoms with Gasteiger partial charge in [0.1, 0.15) is 10.3 Å². The summed E-state index contributed by atoms with van der Waals surface area (Å²) >= 11 is 3.01. The van der Waals surface area contributed by atoms with Crippen molar-refractivity contribution in [3.05, 3.63) is 82.2 Å². The zero-order chi connectivity index (χ0) is 20.9. The molecule has 1 atom stereocenters. The van der Waals surface area contributed by atoms with Crippen LogP contribution in [0.4, 0.5) is 5.00 Å². The van der Waals surface area contributed by atoms with Crippen molar-refractivity contribution in [3.8, 4) is 0 Å². The number of nitrogens with one attached hydrogen (secondary N) is 1. The quantitative estimate of drug-likeness (QED) is 0.386. The molecule has 1 aromatic heterocycles. The summed E-state index contributed by atoms with van der Waals surface area (Å²) in [5.74, 6) is -0.518. The number of carbonyl (C=O) groups is 2. The largest absolute Gasteiger partial charge is 0.465 e. The van der Waals surface area contributed by atoms with Gasteiger partial charge in [-0.15, -0.1) is 23.1 Å². The molecule has 6 heteroatoms. The summed E-state index contributed by atoms with van der Waals surface area (Å²) in [4.78, 5) is 28.1. The lowest BCUT2D eigenvalue weighted by Gasteiger charge is -2.17.